The molecule has 0 spiro atoms. The number of para-hydroxylation sites is 1. The van der Waals surface area contributed by atoms with Crippen LogP contribution >= 0.6 is 34.2 Å². The van der Waals surface area contributed by atoms with Gasteiger partial charge in [-0.15, -0.1) is 0 Å². The van der Waals surface area contributed by atoms with Crippen LogP contribution in [-0.2, 0) is 0 Å². The molecule has 0 aliphatic heterocycles. The molecule has 84 valence electrons. The van der Waals surface area contributed by atoms with Crippen molar-refractivity contribution in [2.75, 3.05) is 5.32 Å². The Hall–Kier alpha value is -1.25. The van der Waals surface area contributed by atoms with Gasteiger partial charge in [-0.1, -0.05) is 23.7 Å². The monoisotopic (exact) mass is 354 g/mol. The lowest BCUT2D eigenvalue weighted by Crippen LogP contribution is -1.93. The largest absolute Gasteiger partial charge is 0.355 e. The van der Waals surface area contributed by atoms with Gasteiger partial charge in [-0.2, -0.15) is 5.26 Å². The first kappa shape index (κ1) is 12.2. The summed E-state index contributed by atoms with van der Waals surface area (Å²) in [6.07, 6.45) is 0. The Kier molecular flexibility index (Phi) is 3.87. The van der Waals surface area contributed by atoms with Crippen LogP contribution in [-0.4, -0.2) is 0 Å². The van der Waals surface area contributed by atoms with Crippen LogP contribution in [0.15, 0.2) is 42.5 Å². The molecule has 0 heterocycles. The molecular formula is C13H8ClIN2. The van der Waals surface area contributed by atoms with Gasteiger partial charge in [-0.25, -0.2) is 0 Å². The second kappa shape index (κ2) is 5.39. The minimum absolute atomic E-state index is 0.462. The summed E-state index contributed by atoms with van der Waals surface area (Å²) in [5.74, 6) is 0. The van der Waals surface area contributed by atoms with E-state index in [4.69, 9.17) is 16.9 Å². The van der Waals surface area contributed by atoms with E-state index in [1.165, 1.54) is 0 Å². The third-order valence-corrected chi connectivity index (χ3v) is 3.50. The van der Waals surface area contributed by atoms with Crippen molar-refractivity contribution in [3.8, 4) is 6.07 Å². The summed E-state index contributed by atoms with van der Waals surface area (Å²) in [6, 6.07) is 15.3. The summed E-state index contributed by atoms with van der Waals surface area (Å²) >= 11 is 8.23. The fourth-order valence-corrected chi connectivity index (χ4v) is 2.15. The van der Waals surface area contributed by atoms with Crippen molar-refractivity contribution >= 4 is 45.6 Å². The number of hydrogen-bond donors (Lipinski definition) is 1. The highest BCUT2D eigenvalue weighted by molar-refractivity contribution is 14.1. The van der Waals surface area contributed by atoms with Crippen LogP contribution in [0.5, 0.6) is 0 Å². The Labute approximate surface area is 118 Å². The quantitative estimate of drug-likeness (QED) is 0.803. The van der Waals surface area contributed by atoms with Crippen LogP contribution in [0.4, 0.5) is 11.4 Å². The predicted octanol–water partition coefficient (Wildman–Crippen LogP) is 4.56. The van der Waals surface area contributed by atoms with Crippen molar-refractivity contribution in [2.24, 2.45) is 0 Å². The van der Waals surface area contributed by atoms with Gasteiger partial charge in [0.25, 0.3) is 0 Å². The van der Waals surface area contributed by atoms with Gasteiger partial charge in [0.05, 0.1) is 16.3 Å². The maximum absolute atomic E-state index is 8.79. The highest BCUT2D eigenvalue weighted by atomic mass is 127. The Morgan fingerprint density at radius 2 is 1.94 bits per heavy atom. The molecule has 0 radical (unpaired) electrons. The molecule has 17 heavy (non-hydrogen) atoms. The summed E-state index contributed by atoms with van der Waals surface area (Å²) < 4.78 is 1.13. The van der Waals surface area contributed by atoms with Gasteiger partial charge >= 0.3 is 0 Å². The molecule has 0 aliphatic carbocycles. The molecule has 4 heteroatoms. The Morgan fingerprint density at radius 1 is 1.18 bits per heavy atom. The van der Waals surface area contributed by atoms with Crippen molar-refractivity contribution in [1.82, 2.24) is 0 Å². The van der Waals surface area contributed by atoms with Gasteiger partial charge in [0, 0.05) is 9.26 Å². The van der Waals surface area contributed by atoms with E-state index in [0.717, 1.165) is 14.9 Å². The van der Waals surface area contributed by atoms with Gasteiger partial charge in [0.15, 0.2) is 0 Å². The van der Waals surface area contributed by atoms with Crippen molar-refractivity contribution < 1.29 is 0 Å². The molecule has 0 saturated heterocycles. The SMILES string of the molecule is N#Cc1ccc(Nc2ccccc2I)cc1Cl. The lowest BCUT2D eigenvalue weighted by atomic mass is 10.2. The summed E-state index contributed by atoms with van der Waals surface area (Å²) in [5.41, 5.74) is 2.38. The number of benzene rings is 2. The van der Waals surface area contributed by atoms with Gasteiger partial charge in [-0.05, 0) is 52.9 Å². The summed E-state index contributed by atoms with van der Waals surface area (Å²) in [4.78, 5) is 0. The Bertz CT molecular complexity index is 590. The van der Waals surface area contributed by atoms with Crippen LogP contribution in [0.3, 0.4) is 0 Å². The molecular weight excluding hydrogens is 347 g/mol. The normalized spacial score (nSPS) is 9.71. The summed E-state index contributed by atoms with van der Waals surface area (Å²) in [5, 5.41) is 12.5. The van der Waals surface area contributed by atoms with Gasteiger partial charge < -0.3 is 5.32 Å². The lowest BCUT2D eigenvalue weighted by Gasteiger charge is -2.08. The zero-order valence-corrected chi connectivity index (χ0v) is 11.7. The average molecular weight is 355 g/mol. The molecule has 0 aliphatic rings. The first-order valence-corrected chi connectivity index (χ1v) is 6.37. The number of nitrogens with zero attached hydrogens (tertiary/aromatic N) is 1. The topological polar surface area (TPSA) is 35.8 Å². The molecule has 0 fully saturated rings. The second-order valence-corrected chi connectivity index (χ2v) is 4.98. The van der Waals surface area contributed by atoms with Crippen LogP contribution in [0.25, 0.3) is 0 Å². The van der Waals surface area contributed by atoms with E-state index in [0.29, 0.717) is 10.6 Å². The number of anilines is 2. The number of nitrogens with one attached hydrogen (secondary N) is 1. The van der Waals surface area contributed by atoms with E-state index in [-0.39, 0.29) is 0 Å². The lowest BCUT2D eigenvalue weighted by molar-refractivity contribution is 1.47. The molecule has 0 atom stereocenters. The van der Waals surface area contributed by atoms with Crippen LogP contribution in [0.2, 0.25) is 5.02 Å². The summed E-state index contributed by atoms with van der Waals surface area (Å²) in [6.45, 7) is 0. The Balaban J connectivity index is 2.29. The number of hydrogen-bond acceptors (Lipinski definition) is 2. The zero-order chi connectivity index (χ0) is 12.3. The third kappa shape index (κ3) is 2.90. The molecule has 2 aromatic carbocycles. The standard InChI is InChI=1S/C13H8ClIN2/c14-11-7-10(6-5-9(11)8-16)17-13-4-2-1-3-12(13)15/h1-7,17H. The van der Waals surface area contributed by atoms with Crippen LogP contribution < -0.4 is 5.32 Å². The van der Waals surface area contributed by atoms with E-state index in [1.54, 1.807) is 12.1 Å². The van der Waals surface area contributed by atoms with Crippen molar-refractivity contribution in [3.05, 3.63) is 56.6 Å². The molecule has 1 N–H and O–H groups in total. The molecule has 0 unspecified atom stereocenters. The molecule has 2 aromatic rings. The van der Waals surface area contributed by atoms with Crippen LogP contribution in [0.1, 0.15) is 5.56 Å². The third-order valence-electron chi connectivity index (χ3n) is 2.24. The van der Waals surface area contributed by atoms with E-state index in [1.807, 2.05) is 36.4 Å². The molecule has 2 nitrogen and oxygen atoms in total. The van der Waals surface area contributed by atoms with E-state index in [2.05, 4.69) is 27.9 Å². The fourth-order valence-electron chi connectivity index (χ4n) is 1.40. The second-order valence-electron chi connectivity index (χ2n) is 3.41. The number of halogens is 2. The van der Waals surface area contributed by atoms with E-state index < -0.39 is 0 Å². The van der Waals surface area contributed by atoms with Gasteiger partial charge in [0.1, 0.15) is 6.07 Å². The van der Waals surface area contributed by atoms with Crippen molar-refractivity contribution in [2.45, 2.75) is 0 Å². The van der Waals surface area contributed by atoms with Gasteiger partial charge in [0.2, 0.25) is 0 Å². The maximum atomic E-state index is 8.79. The van der Waals surface area contributed by atoms with Crippen molar-refractivity contribution in [1.29, 1.82) is 5.26 Å². The molecule has 0 amide bonds. The van der Waals surface area contributed by atoms with Gasteiger partial charge in [-0.3, -0.25) is 0 Å². The molecule has 0 saturated carbocycles. The minimum atomic E-state index is 0.462. The Morgan fingerprint density at radius 3 is 2.59 bits per heavy atom. The fraction of sp³-hybridized carbons (Fsp3) is 0. The molecule has 0 bridgehead atoms. The highest BCUT2D eigenvalue weighted by Crippen LogP contribution is 2.25. The maximum Gasteiger partial charge on any atom is 0.101 e. The van der Waals surface area contributed by atoms with Crippen LogP contribution in [0, 0.1) is 14.9 Å². The van der Waals surface area contributed by atoms with Crippen molar-refractivity contribution in [3.63, 3.8) is 0 Å². The number of nitriles is 1. The minimum Gasteiger partial charge on any atom is -0.355 e. The molecule has 0 aromatic heterocycles. The van der Waals surface area contributed by atoms with E-state index >= 15 is 0 Å². The highest BCUT2D eigenvalue weighted by Gasteiger charge is 2.02. The first-order chi connectivity index (χ1) is 8.20. The smallest absolute Gasteiger partial charge is 0.101 e. The predicted molar refractivity (Wildman–Crippen MR) is 78.6 cm³/mol. The first-order valence-electron chi connectivity index (χ1n) is 4.92. The number of rotatable bonds is 2. The molecule has 2 rings (SSSR count). The van der Waals surface area contributed by atoms with E-state index in [9.17, 15) is 0 Å². The summed E-state index contributed by atoms with van der Waals surface area (Å²) in [7, 11) is 0. The zero-order valence-electron chi connectivity index (χ0n) is 8.74. The average Bonchev–Trinajstić information content (AvgIpc) is 2.32.